The van der Waals surface area contributed by atoms with E-state index in [2.05, 4.69) is 5.32 Å². The van der Waals surface area contributed by atoms with Gasteiger partial charge >= 0.3 is 0 Å². The highest BCUT2D eigenvalue weighted by atomic mass is 35.5. The summed E-state index contributed by atoms with van der Waals surface area (Å²) in [6.45, 7) is 1.50. The highest BCUT2D eigenvalue weighted by molar-refractivity contribution is 6.30. The number of benzene rings is 1. The van der Waals surface area contributed by atoms with Crippen LogP contribution in [0.15, 0.2) is 18.2 Å². The highest BCUT2D eigenvalue weighted by Crippen LogP contribution is 2.21. The van der Waals surface area contributed by atoms with Gasteiger partial charge in [-0.05, 0) is 25.1 Å². The van der Waals surface area contributed by atoms with Crippen LogP contribution in [-0.4, -0.2) is 28.8 Å². The van der Waals surface area contributed by atoms with Gasteiger partial charge in [-0.15, -0.1) is 0 Å². The van der Waals surface area contributed by atoms with Gasteiger partial charge in [-0.1, -0.05) is 11.6 Å². The lowest BCUT2D eigenvalue weighted by Gasteiger charge is -2.11. The molecular formula is C10H12ClNO3. The van der Waals surface area contributed by atoms with E-state index in [0.29, 0.717) is 5.02 Å². The number of hydrogen-bond acceptors (Lipinski definition) is 3. The zero-order valence-electron chi connectivity index (χ0n) is 8.20. The number of amides is 1. The minimum absolute atomic E-state index is 0.139. The van der Waals surface area contributed by atoms with Crippen LogP contribution in [0.25, 0.3) is 0 Å². The fraction of sp³-hybridized carbons (Fsp3) is 0.300. The van der Waals surface area contributed by atoms with Crippen molar-refractivity contribution in [2.75, 3.05) is 6.61 Å². The fourth-order valence-electron chi connectivity index (χ4n) is 1.04. The molecule has 0 fully saturated rings. The number of carbonyl (C=O) groups is 1. The lowest BCUT2D eigenvalue weighted by molar-refractivity contribution is 0.0919. The predicted octanol–water partition coefficient (Wildman–Crippen LogP) is 1.16. The Morgan fingerprint density at radius 2 is 2.27 bits per heavy atom. The summed E-state index contributed by atoms with van der Waals surface area (Å²) in [5.41, 5.74) is 0.139. The number of aliphatic hydroxyl groups is 1. The number of rotatable bonds is 3. The van der Waals surface area contributed by atoms with E-state index in [-0.39, 0.29) is 24.0 Å². The Morgan fingerprint density at radius 3 is 2.80 bits per heavy atom. The zero-order valence-corrected chi connectivity index (χ0v) is 8.95. The molecule has 3 N–H and O–H groups in total. The van der Waals surface area contributed by atoms with Gasteiger partial charge in [0.1, 0.15) is 5.75 Å². The Balaban J connectivity index is 2.82. The lowest BCUT2D eigenvalue weighted by Crippen LogP contribution is -2.34. The van der Waals surface area contributed by atoms with Gasteiger partial charge in [0.15, 0.2) is 0 Å². The molecule has 1 rings (SSSR count). The van der Waals surface area contributed by atoms with Gasteiger partial charge in [0.25, 0.3) is 5.91 Å². The molecule has 0 saturated heterocycles. The van der Waals surface area contributed by atoms with Crippen molar-refractivity contribution in [3.05, 3.63) is 28.8 Å². The third-order valence-electron chi connectivity index (χ3n) is 1.86. The van der Waals surface area contributed by atoms with Crippen molar-refractivity contribution >= 4 is 17.5 Å². The maximum absolute atomic E-state index is 11.5. The lowest BCUT2D eigenvalue weighted by atomic mass is 10.2. The minimum Gasteiger partial charge on any atom is -0.507 e. The Morgan fingerprint density at radius 1 is 1.60 bits per heavy atom. The van der Waals surface area contributed by atoms with Gasteiger partial charge in [0.2, 0.25) is 0 Å². The number of phenolic OH excluding ortho intramolecular Hbond substituents is 1. The molecule has 1 atom stereocenters. The van der Waals surface area contributed by atoms with Crippen LogP contribution in [-0.2, 0) is 0 Å². The standard InChI is InChI=1S/C10H12ClNO3/c1-6(5-13)12-10(15)8-3-2-7(11)4-9(8)14/h2-4,6,13-14H,5H2,1H3,(H,12,15)/t6-/m0/s1. The van der Waals surface area contributed by atoms with E-state index in [1.165, 1.54) is 18.2 Å². The molecular weight excluding hydrogens is 218 g/mol. The molecule has 4 nitrogen and oxygen atoms in total. The number of nitrogens with one attached hydrogen (secondary N) is 1. The molecule has 1 amide bonds. The molecule has 0 heterocycles. The van der Waals surface area contributed by atoms with Crippen molar-refractivity contribution in [2.24, 2.45) is 0 Å². The van der Waals surface area contributed by atoms with E-state index in [9.17, 15) is 9.90 Å². The highest BCUT2D eigenvalue weighted by Gasteiger charge is 2.13. The molecule has 0 radical (unpaired) electrons. The van der Waals surface area contributed by atoms with Crippen LogP contribution in [0.2, 0.25) is 5.02 Å². The predicted molar refractivity (Wildman–Crippen MR) is 57.1 cm³/mol. The van der Waals surface area contributed by atoms with Crippen molar-refractivity contribution in [1.82, 2.24) is 5.32 Å². The van der Waals surface area contributed by atoms with Gasteiger partial charge in [0, 0.05) is 11.1 Å². The van der Waals surface area contributed by atoms with Crippen molar-refractivity contribution < 1.29 is 15.0 Å². The van der Waals surface area contributed by atoms with Gasteiger partial charge in [-0.25, -0.2) is 0 Å². The number of hydrogen-bond donors (Lipinski definition) is 3. The van der Waals surface area contributed by atoms with Gasteiger partial charge in [0.05, 0.1) is 12.2 Å². The van der Waals surface area contributed by atoms with Crippen molar-refractivity contribution in [3.8, 4) is 5.75 Å². The van der Waals surface area contributed by atoms with Gasteiger partial charge < -0.3 is 15.5 Å². The van der Waals surface area contributed by atoms with Crippen LogP contribution in [0.5, 0.6) is 5.75 Å². The molecule has 0 aliphatic heterocycles. The van der Waals surface area contributed by atoms with E-state index in [4.69, 9.17) is 16.7 Å². The molecule has 82 valence electrons. The summed E-state index contributed by atoms with van der Waals surface area (Å²) in [4.78, 5) is 11.5. The van der Waals surface area contributed by atoms with Crippen LogP contribution in [0.4, 0.5) is 0 Å². The molecule has 5 heteroatoms. The number of halogens is 1. The summed E-state index contributed by atoms with van der Waals surface area (Å²) in [6.07, 6.45) is 0. The van der Waals surface area contributed by atoms with E-state index in [1.807, 2.05) is 0 Å². The number of phenols is 1. The molecule has 0 bridgehead atoms. The summed E-state index contributed by atoms with van der Waals surface area (Å²) in [6, 6.07) is 3.88. The van der Waals surface area contributed by atoms with Crippen LogP contribution in [0.1, 0.15) is 17.3 Å². The average Bonchev–Trinajstić information content (AvgIpc) is 2.17. The number of aliphatic hydroxyl groups excluding tert-OH is 1. The van der Waals surface area contributed by atoms with Crippen molar-refractivity contribution in [1.29, 1.82) is 0 Å². The maximum Gasteiger partial charge on any atom is 0.255 e. The smallest absolute Gasteiger partial charge is 0.255 e. The zero-order chi connectivity index (χ0) is 11.4. The monoisotopic (exact) mass is 229 g/mol. The summed E-state index contributed by atoms with van der Waals surface area (Å²) in [5, 5.41) is 21.1. The quantitative estimate of drug-likeness (QED) is 0.729. The van der Waals surface area contributed by atoms with Crippen molar-refractivity contribution in [3.63, 3.8) is 0 Å². The largest absolute Gasteiger partial charge is 0.507 e. The second-order valence-electron chi connectivity index (χ2n) is 3.22. The number of carbonyl (C=O) groups excluding carboxylic acids is 1. The fourth-order valence-corrected chi connectivity index (χ4v) is 1.21. The molecule has 0 saturated carbocycles. The summed E-state index contributed by atoms with van der Waals surface area (Å²) in [7, 11) is 0. The van der Waals surface area contributed by atoms with Crippen LogP contribution in [0.3, 0.4) is 0 Å². The third-order valence-corrected chi connectivity index (χ3v) is 2.09. The molecule has 0 unspecified atom stereocenters. The van der Waals surface area contributed by atoms with E-state index < -0.39 is 5.91 Å². The molecule has 0 aromatic heterocycles. The first-order chi connectivity index (χ1) is 7.04. The first-order valence-electron chi connectivity index (χ1n) is 4.45. The first-order valence-corrected chi connectivity index (χ1v) is 4.82. The molecule has 0 spiro atoms. The topological polar surface area (TPSA) is 69.6 Å². The van der Waals surface area contributed by atoms with Crippen LogP contribution < -0.4 is 5.32 Å². The first kappa shape index (κ1) is 11.8. The van der Waals surface area contributed by atoms with Crippen LogP contribution >= 0.6 is 11.6 Å². The van der Waals surface area contributed by atoms with Crippen LogP contribution in [0, 0.1) is 0 Å². The number of aromatic hydroxyl groups is 1. The summed E-state index contributed by atoms with van der Waals surface area (Å²) in [5.74, 6) is -0.615. The summed E-state index contributed by atoms with van der Waals surface area (Å²) >= 11 is 5.62. The minimum atomic E-state index is -0.439. The maximum atomic E-state index is 11.5. The Hall–Kier alpha value is -1.26. The Bertz CT molecular complexity index is 368. The second-order valence-corrected chi connectivity index (χ2v) is 3.65. The van der Waals surface area contributed by atoms with E-state index in [1.54, 1.807) is 6.92 Å². The molecule has 1 aromatic rings. The normalized spacial score (nSPS) is 12.2. The third kappa shape index (κ3) is 3.11. The van der Waals surface area contributed by atoms with E-state index >= 15 is 0 Å². The average molecular weight is 230 g/mol. The van der Waals surface area contributed by atoms with Gasteiger partial charge in [-0.3, -0.25) is 4.79 Å². The van der Waals surface area contributed by atoms with Crippen molar-refractivity contribution in [2.45, 2.75) is 13.0 Å². The molecule has 0 aliphatic carbocycles. The second kappa shape index (κ2) is 5.00. The Labute approximate surface area is 92.5 Å². The van der Waals surface area contributed by atoms with E-state index in [0.717, 1.165) is 0 Å². The Kier molecular flexibility index (Phi) is 3.94. The molecule has 15 heavy (non-hydrogen) atoms. The molecule has 1 aromatic carbocycles. The van der Waals surface area contributed by atoms with Gasteiger partial charge in [-0.2, -0.15) is 0 Å². The molecule has 0 aliphatic rings. The summed E-state index contributed by atoms with van der Waals surface area (Å²) < 4.78 is 0. The SMILES string of the molecule is C[C@@H](CO)NC(=O)c1ccc(Cl)cc1O.